The summed E-state index contributed by atoms with van der Waals surface area (Å²) in [6.07, 6.45) is 4.12. The van der Waals surface area contributed by atoms with E-state index in [0.29, 0.717) is 71.5 Å². The zero-order valence-electron chi connectivity index (χ0n) is 22.6. The van der Waals surface area contributed by atoms with Gasteiger partial charge in [0.15, 0.2) is 0 Å². The number of H-pyrrole nitrogens is 1. The molecule has 0 unspecified atom stereocenters. The Bertz CT molecular complexity index is 1360. The Kier molecular flexibility index (Phi) is 6.90. The minimum atomic E-state index is -0.567. The van der Waals surface area contributed by atoms with Crippen molar-refractivity contribution in [3.8, 4) is 22.8 Å². The summed E-state index contributed by atoms with van der Waals surface area (Å²) in [7, 11) is 1.62. The molecule has 0 spiro atoms. The van der Waals surface area contributed by atoms with Crippen molar-refractivity contribution in [1.29, 1.82) is 0 Å². The topological polar surface area (TPSA) is 119 Å². The first-order chi connectivity index (χ1) is 18.1. The van der Waals surface area contributed by atoms with E-state index >= 15 is 0 Å². The zero-order chi connectivity index (χ0) is 27.0. The number of ether oxygens (including phenoxy) is 3. The molecule has 10 heteroatoms. The average Bonchev–Trinajstić information content (AvgIpc) is 3.46. The number of aromatic nitrogens is 3. The molecule has 202 valence electrons. The van der Waals surface area contributed by atoms with Crippen molar-refractivity contribution < 1.29 is 23.8 Å². The minimum Gasteiger partial charge on any atom is -0.497 e. The highest BCUT2D eigenvalue weighted by Crippen LogP contribution is 2.38. The summed E-state index contributed by atoms with van der Waals surface area (Å²) >= 11 is 0. The monoisotopic (exact) mass is 521 g/mol. The Morgan fingerprint density at radius 1 is 1.18 bits per heavy atom. The van der Waals surface area contributed by atoms with Crippen LogP contribution in [0.3, 0.4) is 0 Å². The maximum Gasteiger partial charge on any atom is 0.410 e. The van der Waals surface area contributed by atoms with Gasteiger partial charge in [-0.05, 0) is 71.1 Å². The second-order valence-corrected chi connectivity index (χ2v) is 11.1. The minimum absolute atomic E-state index is 0.179. The molecule has 2 N–H and O–H groups in total. The van der Waals surface area contributed by atoms with Crippen LogP contribution in [0, 0.1) is 12.8 Å². The van der Waals surface area contributed by atoms with Gasteiger partial charge in [0.05, 0.1) is 24.8 Å². The van der Waals surface area contributed by atoms with Crippen molar-refractivity contribution in [3.63, 3.8) is 0 Å². The molecule has 2 amide bonds. The molecule has 1 saturated carbocycles. The van der Waals surface area contributed by atoms with Crippen LogP contribution in [0.15, 0.2) is 24.5 Å². The van der Waals surface area contributed by atoms with Gasteiger partial charge >= 0.3 is 6.09 Å². The van der Waals surface area contributed by atoms with Crippen molar-refractivity contribution in [3.05, 3.63) is 35.8 Å². The lowest BCUT2D eigenvalue weighted by Gasteiger charge is -2.24. The van der Waals surface area contributed by atoms with E-state index in [2.05, 4.69) is 20.3 Å². The number of hydrogen-bond acceptors (Lipinski definition) is 7. The van der Waals surface area contributed by atoms with Gasteiger partial charge in [-0.15, -0.1) is 0 Å². The number of likely N-dealkylation sites (tertiary alicyclic amines) is 1. The normalized spacial score (nSPS) is 17.5. The molecule has 0 bridgehead atoms. The number of aromatic amines is 1. The summed E-state index contributed by atoms with van der Waals surface area (Å²) in [5, 5.41) is 3.08. The Morgan fingerprint density at radius 3 is 2.68 bits per heavy atom. The number of fused-ring (bicyclic) bond motifs is 1. The van der Waals surface area contributed by atoms with E-state index in [1.54, 1.807) is 12.0 Å². The summed E-state index contributed by atoms with van der Waals surface area (Å²) in [6, 6.07) is 5.47. The quantitative estimate of drug-likeness (QED) is 0.471. The van der Waals surface area contributed by atoms with Gasteiger partial charge in [0.25, 0.3) is 5.91 Å². The van der Waals surface area contributed by atoms with E-state index in [4.69, 9.17) is 14.2 Å². The third-order valence-corrected chi connectivity index (χ3v) is 6.79. The molecule has 2 fully saturated rings. The molecule has 3 aromatic rings. The fraction of sp³-hybridized carbons (Fsp3) is 0.500. The molecule has 10 nitrogen and oxygen atoms in total. The molecule has 38 heavy (non-hydrogen) atoms. The van der Waals surface area contributed by atoms with Crippen molar-refractivity contribution in [2.75, 3.05) is 26.8 Å². The summed E-state index contributed by atoms with van der Waals surface area (Å²) in [5.41, 5.74) is 3.17. The number of carbonyl (C=O) groups is 2. The summed E-state index contributed by atoms with van der Waals surface area (Å²) in [4.78, 5) is 39.8. The lowest BCUT2D eigenvalue weighted by molar-refractivity contribution is 0.0290. The lowest BCUT2D eigenvalue weighted by atomic mass is 10.1. The van der Waals surface area contributed by atoms with Gasteiger partial charge in [-0.25, -0.2) is 14.8 Å². The van der Waals surface area contributed by atoms with Crippen LogP contribution in [0.5, 0.6) is 11.5 Å². The number of nitrogens with one attached hydrogen (secondary N) is 2. The molecule has 2 aromatic heterocycles. The number of methoxy groups -OCH3 is 1. The Hall–Kier alpha value is -3.82. The molecule has 1 aliphatic carbocycles. The number of aryl methyl sites for hydroxylation is 1. The van der Waals surface area contributed by atoms with Gasteiger partial charge < -0.3 is 29.4 Å². The van der Waals surface area contributed by atoms with Gasteiger partial charge in [-0.3, -0.25) is 4.79 Å². The summed E-state index contributed by atoms with van der Waals surface area (Å²) < 4.78 is 17.1. The second kappa shape index (κ2) is 10.2. The average molecular weight is 522 g/mol. The second-order valence-electron chi connectivity index (χ2n) is 11.1. The van der Waals surface area contributed by atoms with Crippen LogP contribution in [0.25, 0.3) is 22.3 Å². The first kappa shape index (κ1) is 25.8. The smallest absolute Gasteiger partial charge is 0.410 e. The van der Waals surface area contributed by atoms with Crippen molar-refractivity contribution in [1.82, 2.24) is 25.2 Å². The number of carbonyl (C=O) groups excluding carboxylic acids is 2. The maximum atomic E-state index is 13.4. The van der Waals surface area contributed by atoms with E-state index in [9.17, 15) is 9.59 Å². The van der Waals surface area contributed by atoms with Crippen LogP contribution in [-0.2, 0) is 4.74 Å². The number of hydrogen-bond donors (Lipinski definition) is 2. The van der Waals surface area contributed by atoms with Crippen molar-refractivity contribution >= 4 is 23.0 Å². The zero-order valence-corrected chi connectivity index (χ0v) is 22.6. The first-order valence-corrected chi connectivity index (χ1v) is 13.1. The lowest BCUT2D eigenvalue weighted by Crippen LogP contribution is -2.40. The van der Waals surface area contributed by atoms with E-state index in [0.717, 1.165) is 5.56 Å². The molecule has 1 atom stereocenters. The van der Waals surface area contributed by atoms with E-state index in [1.807, 2.05) is 45.9 Å². The van der Waals surface area contributed by atoms with E-state index in [-0.39, 0.29) is 18.0 Å². The molecule has 2 aliphatic rings. The first-order valence-electron chi connectivity index (χ1n) is 13.1. The SMILES string of the molecule is COc1ccc(OCC2CC2)c(-c2ncnc3c(C(=O)N[C@@H]4CCN(C(=O)OC(C)(C)C)C4)c(C)[nH]c23)c1. The summed E-state index contributed by atoms with van der Waals surface area (Å²) in [6.45, 7) is 8.94. The van der Waals surface area contributed by atoms with Crippen LogP contribution in [0.1, 0.15) is 56.1 Å². The fourth-order valence-electron chi connectivity index (χ4n) is 4.67. The molecule has 5 rings (SSSR count). The number of benzene rings is 1. The van der Waals surface area contributed by atoms with Gasteiger partial charge in [0.2, 0.25) is 0 Å². The van der Waals surface area contributed by atoms with Crippen LogP contribution in [-0.4, -0.2) is 70.3 Å². The van der Waals surface area contributed by atoms with Gasteiger partial charge in [-0.1, -0.05) is 0 Å². The molecule has 1 saturated heterocycles. The van der Waals surface area contributed by atoms with Crippen molar-refractivity contribution in [2.45, 2.75) is 58.6 Å². The fourth-order valence-corrected chi connectivity index (χ4v) is 4.67. The molecular weight excluding hydrogens is 486 g/mol. The van der Waals surface area contributed by atoms with Crippen LogP contribution in [0.4, 0.5) is 4.79 Å². The van der Waals surface area contributed by atoms with Gasteiger partial charge in [0.1, 0.15) is 34.6 Å². The Labute approximate surface area is 222 Å². The number of amides is 2. The predicted molar refractivity (Wildman–Crippen MR) is 143 cm³/mol. The maximum absolute atomic E-state index is 13.4. The molecule has 1 aliphatic heterocycles. The standard InChI is InChI=1S/C28H35N5O5/c1-16-22(26(34)32-18-10-11-33(13-18)27(35)38-28(2,3)4)24-25(31-16)23(29-15-30-24)20-12-19(36-5)8-9-21(20)37-14-17-6-7-17/h8-9,12,15,17-18,31H,6-7,10-11,13-14H2,1-5H3,(H,32,34)/t18-/m1/s1. The highest BCUT2D eigenvalue weighted by molar-refractivity contribution is 6.09. The Balaban J connectivity index is 1.39. The summed E-state index contributed by atoms with van der Waals surface area (Å²) in [5.74, 6) is 1.75. The van der Waals surface area contributed by atoms with Gasteiger partial charge in [-0.2, -0.15) is 0 Å². The van der Waals surface area contributed by atoms with Crippen LogP contribution in [0.2, 0.25) is 0 Å². The van der Waals surface area contributed by atoms with Crippen molar-refractivity contribution in [2.24, 2.45) is 5.92 Å². The molecule has 3 heterocycles. The van der Waals surface area contributed by atoms with Crippen LogP contribution >= 0.6 is 0 Å². The largest absolute Gasteiger partial charge is 0.497 e. The van der Waals surface area contributed by atoms with E-state index < -0.39 is 5.60 Å². The number of rotatable bonds is 7. The predicted octanol–water partition coefficient (Wildman–Crippen LogP) is 4.47. The van der Waals surface area contributed by atoms with Gasteiger partial charge in [0, 0.05) is 30.4 Å². The molecular formula is C28H35N5O5. The molecule has 0 radical (unpaired) electrons. The van der Waals surface area contributed by atoms with E-state index in [1.165, 1.54) is 19.2 Å². The highest BCUT2D eigenvalue weighted by Gasteiger charge is 2.32. The third-order valence-electron chi connectivity index (χ3n) is 6.79. The molecule has 1 aromatic carbocycles. The highest BCUT2D eigenvalue weighted by atomic mass is 16.6. The number of nitrogens with zero attached hydrogens (tertiary/aromatic N) is 3. The Morgan fingerprint density at radius 2 is 1.97 bits per heavy atom. The third kappa shape index (κ3) is 5.54. The van der Waals surface area contributed by atoms with Crippen LogP contribution < -0.4 is 14.8 Å².